The lowest BCUT2D eigenvalue weighted by atomic mass is 10.1. The molecule has 3 rings (SSSR count). The van der Waals surface area contributed by atoms with Crippen LogP contribution in [0.5, 0.6) is 0 Å². The van der Waals surface area contributed by atoms with Gasteiger partial charge in [0, 0.05) is 19.6 Å². The molecule has 1 aliphatic rings. The highest BCUT2D eigenvalue weighted by Gasteiger charge is 2.18. The van der Waals surface area contributed by atoms with Gasteiger partial charge in [0.25, 0.3) is 0 Å². The van der Waals surface area contributed by atoms with Gasteiger partial charge in [-0.05, 0) is 28.8 Å². The minimum atomic E-state index is 0.628. The van der Waals surface area contributed by atoms with Gasteiger partial charge >= 0.3 is 0 Å². The first-order valence-corrected chi connectivity index (χ1v) is 6.43. The Labute approximate surface area is 112 Å². The molecule has 0 fully saturated rings. The number of nitrogens with two attached hydrogens (primary N) is 1. The quantitative estimate of drug-likeness (QED) is 0.836. The summed E-state index contributed by atoms with van der Waals surface area (Å²) in [6.45, 7) is 2.94. The third-order valence-electron chi connectivity index (χ3n) is 3.37. The molecule has 2 aromatic rings. The van der Waals surface area contributed by atoms with Crippen molar-refractivity contribution in [3.05, 3.63) is 64.2 Å². The first-order valence-electron chi connectivity index (χ1n) is 6.05. The fourth-order valence-electron chi connectivity index (χ4n) is 2.47. The molecular weight excluding hydrogens is 244 g/mol. The summed E-state index contributed by atoms with van der Waals surface area (Å²) >= 11 is 5.93. The summed E-state index contributed by atoms with van der Waals surface area (Å²) in [6, 6.07) is 14.5. The molecular formula is C15H15ClN2. The molecule has 0 unspecified atom stereocenters. The number of rotatable bonds is 2. The molecule has 0 amide bonds. The van der Waals surface area contributed by atoms with E-state index in [1.165, 1.54) is 16.7 Å². The molecule has 0 bridgehead atoms. The lowest BCUT2D eigenvalue weighted by molar-refractivity contribution is 0.275. The lowest BCUT2D eigenvalue weighted by Gasteiger charge is -2.15. The first kappa shape index (κ1) is 11.6. The largest absolute Gasteiger partial charge is 0.398 e. The van der Waals surface area contributed by atoms with Crippen molar-refractivity contribution in [1.29, 1.82) is 0 Å². The second kappa shape index (κ2) is 4.63. The maximum atomic E-state index is 5.93. The number of halogens is 1. The number of fused-ring (bicyclic) bond motifs is 1. The van der Waals surface area contributed by atoms with E-state index in [0.717, 1.165) is 19.6 Å². The van der Waals surface area contributed by atoms with E-state index in [0.29, 0.717) is 10.7 Å². The smallest absolute Gasteiger partial charge is 0.0635 e. The first-order chi connectivity index (χ1) is 8.72. The molecule has 3 heteroatoms. The molecule has 2 aromatic carbocycles. The van der Waals surface area contributed by atoms with Crippen LogP contribution in [-0.4, -0.2) is 4.90 Å². The molecule has 2 N–H and O–H groups in total. The molecule has 1 heterocycles. The fourth-order valence-corrected chi connectivity index (χ4v) is 2.58. The van der Waals surface area contributed by atoms with Gasteiger partial charge in [0.1, 0.15) is 0 Å². The Bertz CT molecular complexity index is 555. The second-order valence-electron chi connectivity index (χ2n) is 4.77. The van der Waals surface area contributed by atoms with Crippen LogP contribution < -0.4 is 5.73 Å². The zero-order valence-electron chi connectivity index (χ0n) is 10.1. The highest BCUT2D eigenvalue weighted by atomic mass is 35.5. The van der Waals surface area contributed by atoms with Gasteiger partial charge in [-0.3, -0.25) is 4.90 Å². The van der Waals surface area contributed by atoms with Crippen molar-refractivity contribution in [2.45, 2.75) is 19.6 Å². The molecule has 92 valence electrons. The van der Waals surface area contributed by atoms with Crippen molar-refractivity contribution in [1.82, 2.24) is 4.90 Å². The number of benzene rings is 2. The molecule has 0 aromatic heterocycles. The topological polar surface area (TPSA) is 29.3 Å². The summed E-state index contributed by atoms with van der Waals surface area (Å²) in [4.78, 5) is 2.41. The van der Waals surface area contributed by atoms with Crippen LogP contribution in [0.3, 0.4) is 0 Å². The van der Waals surface area contributed by atoms with Crippen molar-refractivity contribution in [2.24, 2.45) is 0 Å². The van der Waals surface area contributed by atoms with Crippen LogP contribution in [0.1, 0.15) is 16.7 Å². The average molecular weight is 259 g/mol. The van der Waals surface area contributed by atoms with E-state index in [4.69, 9.17) is 17.3 Å². The van der Waals surface area contributed by atoms with Crippen LogP contribution in [0.4, 0.5) is 5.69 Å². The summed E-state index contributed by atoms with van der Waals surface area (Å²) < 4.78 is 0. The summed E-state index contributed by atoms with van der Waals surface area (Å²) in [5.41, 5.74) is 10.6. The Morgan fingerprint density at radius 1 is 1.06 bits per heavy atom. The molecule has 0 aliphatic carbocycles. The van der Waals surface area contributed by atoms with Crippen LogP contribution in [0.2, 0.25) is 5.02 Å². The Balaban J connectivity index is 1.74. The zero-order chi connectivity index (χ0) is 12.5. The van der Waals surface area contributed by atoms with Crippen LogP contribution in [0.15, 0.2) is 42.5 Å². The maximum Gasteiger partial charge on any atom is 0.0635 e. The van der Waals surface area contributed by atoms with Gasteiger partial charge < -0.3 is 5.73 Å². The molecule has 18 heavy (non-hydrogen) atoms. The van der Waals surface area contributed by atoms with E-state index >= 15 is 0 Å². The second-order valence-corrected chi connectivity index (χ2v) is 5.18. The van der Waals surface area contributed by atoms with E-state index in [-0.39, 0.29) is 0 Å². The highest BCUT2D eigenvalue weighted by molar-refractivity contribution is 6.33. The number of anilines is 1. The predicted molar refractivity (Wildman–Crippen MR) is 75.3 cm³/mol. The molecule has 0 spiro atoms. The Hall–Kier alpha value is -1.51. The van der Waals surface area contributed by atoms with Gasteiger partial charge in [0.2, 0.25) is 0 Å². The number of nitrogen functional groups attached to an aromatic ring is 1. The van der Waals surface area contributed by atoms with E-state index < -0.39 is 0 Å². The van der Waals surface area contributed by atoms with E-state index in [2.05, 4.69) is 29.2 Å². The molecule has 0 radical (unpaired) electrons. The van der Waals surface area contributed by atoms with Crippen molar-refractivity contribution in [3.63, 3.8) is 0 Å². The minimum Gasteiger partial charge on any atom is -0.398 e. The van der Waals surface area contributed by atoms with E-state index in [9.17, 15) is 0 Å². The van der Waals surface area contributed by atoms with Crippen LogP contribution in [0, 0.1) is 0 Å². The van der Waals surface area contributed by atoms with Crippen molar-refractivity contribution in [2.75, 3.05) is 5.73 Å². The third-order valence-corrected chi connectivity index (χ3v) is 3.72. The van der Waals surface area contributed by atoms with Crippen molar-refractivity contribution < 1.29 is 0 Å². The summed E-state index contributed by atoms with van der Waals surface area (Å²) in [7, 11) is 0. The summed E-state index contributed by atoms with van der Waals surface area (Å²) in [5, 5.41) is 0.628. The molecule has 1 aliphatic heterocycles. The Morgan fingerprint density at radius 2 is 1.72 bits per heavy atom. The van der Waals surface area contributed by atoms with Crippen LogP contribution >= 0.6 is 11.6 Å². The summed E-state index contributed by atoms with van der Waals surface area (Å²) in [5.74, 6) is 0. The van der Waals surface area contributed by atoms with Gasteiger partial charge in [-0.2, -0.15) is 0 Å². The molecule has 0 saturated carbocycles. The SMILES string of the molecule is Nc1cc(CN2Cc3ccccc3C2)ccc1Cl. The van der Waals surface area contributed by atoms with Gasteiger partial charge in [-0.1, -0.05) is 41.9 Å². The van der Waals surface area contributed by atoms with Crippen LogP contribution in [-0.2, 0) is 19.6 Å². The predicted octanol–water partition coefficient (Wildman–Crippen LogP) is 3.44. The molecule has 0 atom stereocenters. The number of hydrogen-bond acceptors (Lipinski definition) is 2. The fraction of sp³-hybridized carbons (Fsp3) is 0.200. The Kier molecular flexibility index (Phi) is 2.98. The maximum absolute atomic E-state index is 5.93. The van der Waals surface area contributed by atoms with Gasteiger partial charge in [-0.15, -0.1) is 0 Å². The number of nitrogens with zero attached hydrogens (tertiary/aromatic N) is 1. The van der Waals surface area contributed by atoms with Gasteiger partial charge in [0.15, 0.2) is 0 Å². The van der Waals surface area contributed by atoms with Crippen molar-refractivity contribution in [3.8, 4) is 0 Å². The third kappa shape index (κ3) is 2.22. The minimum absolute atomic E-state index is 0.628. The zero-order valence-corrected chi connectivity index (χ0v) is 10.8. The standard InChI is InChI=1S/C15H15ClN2/c16-14-6-5-11(7-15(14)17)8-18-9-12-3-1-2-4-13(12)10-18/h1-7H,8-10,17H2. The summed E-state index contributed by atoms with van der Waals surface area (Å²) in [6.07, 6.45) is 0. The van der Waals surface area contributed by atoms with Crippen LogP contribution in [0.25, 0.3) is 0 Å². The van der Waals surface area contributed by atoms with E-state index in [1.807, 2.05) is 18.2 Å². The molecule has 2 nitrogen and oxygen atoms in total. The normalized spacial score (nSPS) is 14.7. The number of hydrogen-bond donors (Lipinski definition) is 1. The monoisotopic (exact) mass is 258 g/mol. The molecule has 0 saturated heterocycles. The lowest BCUT2D eigenvalue weighted by Crippen LogP contribution is -2.15. The van der Waals surface area contributed by atoms with E-state index in [1.54, 1.807) is 0 Å². The van der Waals surface area contributed by atoms with Crippen molar-refractivity contribution >= 4 is 17.3 Å². The average Bonchev–Trinajstić information content (AvgIpc) is 2.76. The van der Waals surface area contributed by atoms with Gasteiger partial charge in [0.05, 0.1) is 10.7 Å². The highest BCUT2D eigenvalue weighted by Crippen LogP contribution is 2.25. The van der Waals surface area contributed by atoms with Gasteiger partial charge in [-0.25, -0.2) is 0 Å². The Morgan fingerprint density at radius 3 is 2.33 bits per heavy atom.